The Morgan fingerprint density at radius 2 is 1.42 bits per heavy atom. The number of hydrogen-bond acceptors (Lipinski definition) is 1. The Morgan fingerprint density at radius 3 is 1.79 bits per heavy atom. The third-order valence-corrected chi connectivity index (χ3v) is 6.05. The third kappa shape index (κ3) is 2.75. The van der Waals surface area contributed by atoms with Crippen molar-refractivity contribution in [3.8, 4) is 0 Å². The number of rotatable bonds is 5. The molecule has 134 valence electrons. The summed E-state index contributed by atoms with van der Waals surface area (Å²) in [5.74, 6) is 0.123. The van der Waals surface area contributed by atoms with Crippen molar-refractivity contribution in [2.75, 3.05) is 0 Å². The fourth-order valence-corrected chi connectivity index (χ4v) is 5.06. The highest BCUT2D eigenvalue weighted by Gasteiger charge is 2.51. The van der Waals surface area contributed by atoms with Crippen molar-refractivity contribution < 1.29 is 5.11 Å². The van der Waals surface area contributed by atoms with Crippen LogP contribution in [0.5, 0.6) is 0 Å². The van der Waals surface area contributed by atoms with E-state index in [1.165, 1.54) is 0 Å². The Kier molecular flexibility index (Phi) is 5.64. The monoisotopic (exact) mass is 328 g/mol. The first-order valence-electron chi connectivity index (χ1n) is 9.78. The van der Waals surface area contributed by atoms with Gasteiger partial charge in [0.15, 0.2) is 0 Å². The minimum absolute atomic E-state index is 0.109. The lowest BCUT2D eigenvalue weighted by molar-refractivity contribution is 0.00389. The molecule has 0 saturated carbocycles. The molecule has 2 aliphatic carbocycles. The van der Waals surface area contributed by atoms with Gasteiger partial charge in [-0.15, -0.1) is 0 Å². The van der Waals surface area contributed by atoms with E-state index in [4.69, 9.17) is 0 Å². The molecule has 0 heterocycles. The Morgan fingerprint density at radius 1 is 0.917 bits per heavy atom. The summed E-state index contributed by atoms with van der Waals surface area (Å²) < 4.78 is 0. The molecule has 1 heteroatoms. The van der Waals surface area contributed by atoms with E-state index in [0.29, 0.717) is 0 Å². The standard InChI is InChI=1S/C23H36O/c1-8-16-17(9-2)19(11-4)23(18(16)10-3)15-13-12-14-20(23)21(24)22(5,6)7/h12-15,20-21,24H,8-11H2,1-7H3. The molecule has 2 rings (SSSR count). The first-order valence-corrected chi connectivity index (χ1v) is 9.78. The summed E-state index contributed by atoms with van der Waals surface area (Å²) in [6, 6.07) is 0. The van der Waals surface area contributed by atoms with Crippen LogP contribution in [0.25, 0.3) is 0 Å². The van der Waals surface area contributed by atoms with Crippen molar-refractivity contribution >= 4 is 0 Å². The molecule has 2 atom stereocenters. The average Bonchev–Trinajstić information content (AvgIpc) is 2.81. The molecule has 0 aromatic rings. The average molecular weight is 329 g/mol. The predicted octanol–water partition coefficient (Wildman–Crippen LogP) is 6.37. The van der Waals surface area contributed by atoms with Crippen molar-refractivity contribution in [2.24, 2.45) is 16.7 Å². The molecular weight excluding hydrogens is 292 g/mol. The fourth-order valence-electron chi connectivity index (χ4n) is 5.06. The summed E-state index contributed by atoms with van der Waals surface area (Å²) in [6.07, 6.45) is 12.9. The van der Waals surface area contributed by atoms with Crippen LogP contribution in [0, 0.1) is 16.7 Å². The summed E-state index contributed by atoms with van der Waals surface area (Å²) in [6.45, 7) is 15.6. The zero-order chi connectivity index (χ0) is 18.1. The van der Waals surface area contributed by atoms with Gasteiger partial charge in [0, 0.05) is 11.3 Å². The van der Waals surface area contributed by atoms with Crippen molar-refractivity contribution in [1.29, 1.82) is 0 Å². The SMILES string of the molecule is CCC1=C(CC)C2(C=CC=CC2C(O)C(C)(C)C)C(CC)=C1CC. The summed E-state index contributed by atoms with van der Waals surface area (Å²) in [5.41, 5.74) is 5.97. The fraction of sp³-hybridized carbons (Fsp3) is 0.652. The van der Waals surface area contributed by atoms with E-state index in [1.54, 1.807) is 22.3 Å². The molecule has 2 aliphatic rings. The molecule has 0 fully saturated rings. The van der Waals surface area contributed by atoms with E-state index in [0.717, 1.165) is 25.7 Å². The highest BCUT2D eigenvalue weighted by molar-refractivity contribution is 5.58. The van der Waals surface area contributed by atoms with Crippen LogP contribution in [0.1, 0.15) is 74.1 Å². The molecule has 0 aliphatic heterocycles. The zero-order valence-electron chi connectivity index (χ0n) is 16.7. The topological polar surface area (TPSA) is 20.2 Å². The van der Waals surface area contributed by atoms with Gasteiger partial charge >= 0.3 is 0 Å². The van der Waals surface area contributed by atoms with Gasteiger partial charge in [-0.25, -0.2) is 0 Å². The smallest absolute Gasteiger partial charge is 0.0665 e. The first-order chi connectivity index (χ1) is 11.3. The molecule has 0 amide bonds. The number of allylic oxidation sites excluding steroid dienone is 7. The van der Waals surface area contributed by atoms with E-state index in [1.807, 2.05) is 0 Å². The molecule has 1 N–H and O–H groups in total. The lowest BCUT2D eigenvalue weighted by Crippen LogP contribution is -2.44. The molecule has 0 saturated heterocycles. The van der Waals surface area contributed by atoms with Crippen molar-refractivity contribution in [1.82, 2.24) is 0 Å². The lowest BCUT2D eigenvalue weighted by Gasteiger charge is -2.46. The minimum atomic E-state index is -0.365. The maximum atomic E-state index is 11.3. The van der Waals surface area contributed by atoms with Gasteiger partial charge < -0.3 is 5.11 Å². The molecular formula is C23H36O. The quantitative estimate of drug-likeness (QED) is 0.621. The summed E-state index contributed by atoms with van der Waals surface area (Å²) >= 11 is 0. The van der Waals surface area contributed by atoms with Gasteiger partial charge in [-0.3, -0.25) is 0 Å². The molecule has 0 aromatic carbocycles. The van der Waals surface area contributed by atoms with E-state index >= 15 is 0 Å². The van der Waals surface area contributed by atoms with E-state index in [2.05, 4.69) is 72.8 Å². The van der Waals surface area contributed by atoms with Crippen LogP contribution < -0.4 is 0 Å². The van der Waals surface area contributed by atoms with Gasteiger partial charge in [0.05, 0.1) is 6.10 Å². The molecule has 0 radical (unpaired) electrons. The van der Waals surface area contributed by atoms with Crippen molar-refractivity contribution in [2.45, 2.75) is 80.3 Å². The van der Waals surface area contributed by atoms with Gasteiger partial charge in [-0.05, 0) is 42.2 Å². The molecule has 1 nitrogen and oxygen atoms in total. The van der Waals surface area contributed by atoms with Crippen LogP contribution >= 0.6 is 0 Å². The van der Waals surface area contributed by atoms with Gasteiger partial charge in [-0.2, -0.15) is 0 Å². The second kappa shape index (κ2) is 7.04. The maximum absolute atomic E-state index is 11.3. The van der Waals surface area contributed by atoms with E-state index in [9.17, 15) is 5.11 Å². The lowest BCUT2D eigenvalue weighted by atomic mass is 9.59. The van der Waals surface area contributed by atoms with E-state index < -0.39 is 0 Å². The van der Waals surface area contributed by atoms with Gasteiger partial charge in [-0.1, -0.05) is 83.9 Å². The normalized spacial score (nSPS) is 24.4. The van der Waals surface area contributed by atoms with Gasteiger partial charge in [0.25, 0.3) is 0 Å². The molecule has 24 heavy (non-hydrogen) atoms. The van der Waals surface area contributed by atoms with Gasteiger partial charge in [0.1, 0.15) is 0 Å². The molecule has 0 aromatic heterocycles. The minimum Gasteiger partial charge on any atom is -0.392 e. The molecule has 2 unspecified atom stereocenters. The van der Waals surface area contributed by atoms with Crippen LogP contribution in [0.2, 0.25) is 0 Å². The second-order valence-electron chi connectivity index (χ2n) is 8.28. The van der Waals surface area contributed by atoms with Gasteiger partial charge in [0.2, 0.25) is 0 Å². The van der Waals surface area contributed by atoms with Crippen LogP contribution in [-0.2, 0) is 0 Å². The Balaban J connectivity index is 2.74. The second-order valence-corrected chi connectivity index (χ2v) is 8.28. The Bertz CT molecular complexity index is 564. The highest BCUT2D eigenvalue weighted by Crippen LogP contribution is 2.59. The van der Waals surface area contributed by atoms with Crippen LogP contribution in [-0.4, -0.2) is 11.2 Å². The summed E-state index contributed by atoms with van der Waals surface area (Å²) in [5, 5.41) is 11.3. The Hall–Kier alpha value is -1.08. The van der Waals surface area contributed by atoms with E-state index in [-0.39, 0.29) is 22.9 Å². The zero-order valence-corrected chi connectivity index (χ0v) is 16.7. The Labute approximate surface area is 149 Å². The van der Waals surface area contributed by atoms with Crippen LogP contribution in [0.15, 0.2) is 46.6 Å². The summed E-state index contributed by atoms with van der Waals surface area (Å²) in [4.78, 5) is 0. The van der Waals surface area contributed by atoms with Crippen LogP contribution in [0.4, 0.5) is 0 Å². The van der Waals surface area contributed by atoms with Crippen molar-refractivity contribution in [3.05, 3.63) is 46.6 Å². The molecule has 0 bridgehead atoms. The predicted molar refractivity (Wildman–Crippen MR) is 105 cm³/mol. The number of aliphatic hydroxyl groups excluding tert-OH is 1. The number of aliphatic hydroxyl groups is 1. The first kappa shape index (κ1) is 19.2. The maximum Gasteiger partial charge on any atom is 0.0665 e. The van der Waals surface area contributed by atoms with Crippen molar-refractivity contribution in [3.63, 3.8) is 0 Å². The highest BCUT2D eigenvalue weighted by atomic mass is 16.3. The number of hydrogen-bond donors (Lipinski definition) is 1. The largest absolute Gasteiger partial charge is 0.392 e. The third-order valence-electron chi connectivity index (χ3n) is 6.05. The van der Waals surface area contributed by atoms with Crippen LogP contribution in [0.3, 0.4) is 0 Å². The molecule has 1 spiro atoms. The summed E-state index contributed by atoms with van der Waals surface area (Å²) in [7, 11) is 0.